The third-order valence-electron chi connectivity index (χ3n) is 3.74. The van der Waals surface area contributed by atoms with Gasteiger partial charge < -0.3 is 20.1 Å². The van der Waals surface area contributed by atoms with Gasteiger partial charge in [0.1, 0.15) is 0 Å². The Balaban J connectivity index is 1.61. The number of nitrogen functional groups attached to an aromatic ring is 1. The average molecular weight is 249 g/mol. The number of ether oxygens (including phenoxy) is 2. The number of pyridine rings is 1. The van der Waals surface area contributed by atoms with E-state index in [1.54, 1.807) is 12.4 Å². The Labute approximate surface area is 107 Å². The fourth-order valence-corrected chi connectivity index (χ4v) is 2.75. The van der Waals surface area contributed by atoms with Gasteiger partial charge in [-0.15, -0.1) is 0 Å². The molecular weight excluding hydrogens is 230 g/mol. The maximum Gasteiger partial charge on any atom is 0.160 e. The maximum absolute atomic E-state index is 5.95. The number of aromatic nitrogens is 1. The smallest absolute Gasteiger partial charge is 0.160 e. The fourth-order valence-electron chi connectivity index (χ4n) is 2.75. The quantitative estimate of drug-likeness (QED) is 0.855. The number of nitrogens with zero attached hydrogens (tertiary/aromatic N) is 2. The summed E-state index contributed by atoms with van der Waals surface area (Å²) in [4.78, 5) is 6.35. The van der Waals surface area contributed by atoms with Crippen molar-refractivity contribution in [3.8, 4) is 0 Å². The monoisotopic (exact) mass is 249 g/mol. The minimum Gasteiger partial charge on any atom is -0.396 e. The third kappa shape index (κ3) is 2.28. The Morgan fingerprint density at radius 3 is 2.61 bits per heavy atom. The Bertz CT molecular complexity index is 399. The molecule has 2 fully saturated rings. The first-order chi connectivity index (χ1) is 8.84. The van der Waals surface area contributed by atoms with Gasteiger partial charge in [0.2, 0.25) is 0 Å². The molecule has 0 atom stereocenters. The highest BCUT2D eigenvalue weighted by Crippen LogP contribution is 2.30. The second kappa shape index (κ2) is 5.12. The van der Waals surface area contributed by atoms with Crippen molar-refractivity contribution in [1.29, 1.82) is 0 Å². The molecule has 1 aromatic heterocycles. The van der Waals surface area contributed by atoms with Crippen LogP contribution in [0.4, 0.5) is 11.4 Å². The molecule has 0 bridgehead atoms. The maximum atomic E-state index is 5.95. The summed E-state index contributed by atoms with van der Waals surface area (Å²) in [5.74, 6) is 0.520. The molecule has 5 nitrogen and oxygen atoms in total. The Morgan fingerprint density at radius 2 is 1.94 bits per heavy atom. The number of rotatable bonds is 2. The molecule has 0 saturated carbocycles. The number of hydrogen-bond donors (Lipinski definition) is 1. The van der Waals surface area contributed by atoms with Crippen LogP contribution in [0.1, 0.15) is 12.8 Å². The minimum absolute atomic E-state index is 0.0157. The molecule has 0 aliphatic carbocycles. The first kappa shape index (κ1) is 11.7. The van der Waals surface area contributed by atoms with E-state index in [1.165, 1.54) is 0 Å². The summed E-state index contributed by atoms with van der Waals surface area (Å²) in [5.41, 5.74) is 7.80. The van der Waals surface area contributed by atoms with Crippen molar-refractivity contribution >= 4 is 11.4 Å². The van der Waals surface area contributed by atoms with Crippen LogP contribution < -0.4 is 10.6 Å². The minimum atomic E-state index is 0.0157. The molecule has 5 heteroatoms. The highest BCUT2D eigenvalue weighted by molar-refractivity contribution is 5.66. The molecule has 2 saturated heterocycles. The molecule has 0 unspecified atom stereocenters. The highest BCUT2D eigenvalue weighted by Gasteiger charge is 2.30. The van der Waals surface area contributed by atoms with Crippen molar-refractivity contribution < 1.29 is 9.47 Å². The summed E-state index contributed by atoms with van der Waals surface area (Å²) in [5, 5.41) is 0. The number of piperidine rings is 1. The standard InChI is InChI=1S/C13H19N3O2/c14-11-9-15-4-1-12(11)16-5-2-10(3-6-16)13-17-7-8-18-13/h1,4,9-10,13H,2-3,5-8,14H2. The van der Waals surface area contributed by atoms with Crippen LogP contribution in [-0.4, -0.2) is 37.6 Å². The van der Waals surface area contributed by atoms with Gasteiger partial charge >= 0.3 is 0 Å². The molecular formula is C13H19N3O2. The van der Waals surface area contributed by atoms with Gasteiger partial charge in [-0.1, -0.05) is 0 Å². The van der Waals surface area contributed by atoms with Gasteiger partial charge in [0.05, 0.1) is 30.8 Å². The molecule has 3 heterocycles. The Kier molecular flexibility index (Phi) is 3.34. The molecule has 98 valence electrons. The molecule has 0 aromatic carbocycles. The lowest BCUT2D eigenvalue weighted by Gasteiger charge is -2.35. The summed E-state index contributed by atoms with van der Waals surface area (Å²) in [6.45, 7) is 3.48. The Hall–Kier alpha value is -1.33. The zero-order valence-corrected chi connectivity index (χ0v) is 10.4. The molecule has 0 amide bonds. The van der Waals surface area contributed by atoms with E-state index in [-0.39, 0.29) is 6.29 Å². The SMILES string of the molecule is Nc1cnccc1N1CCC(C2OCCO2)CC1. The lowest BCUT2D eigenvalue weighted by molar-refractivity contribution is -0.0889. The fraction of sp³-hybridized carbons (Fsp3) is 0.615. The normalized spacial score (nSPS) is 22.6. The van der Waals surface area contributed by atoms with Crippen molar-refractivity contribution in [2.75, 3.05) is 36.9 Å². The highest BCUT2D eigenvalue weighted by atomic mass is 16.7. The number of nitrogens with two attached hydrogens (primary N) is 1. The van der Waals surface area contributed by atoms with Gasteiger partial charge in [-0.25, -0.2) is 0 Å². The molecule has 0 radical (unpaired) electrons. The first-order valence-corrected chi connectivity index (χ1v) is 6.52. The lowest BCUT2D eigenvalue weighted by atomic mass is 9.96. The zero-order chi connectivity index (χ0) is 12.4. The van der Waals surface area contributed by atoms with Crippen LogP contribution in [0.15, 0.2) is 18.5 Å². The predicted octanol–water partition coefficient (Wildman–Crippen LogP) is 1.25. The molecule has 18 heavy (non-hydrogen) atoms. The second-order valence-electron chi connectivity index (χ2n) is 4.87. The molecule has 2 N–H and O–H groups in total. The van der Waals surface area contributed by atoms with E-state index in [2.05, 4.69) is 9.88 Å². The van der Waals surface area contributed by atoms with Crippen molar-refractivity contribution in [2.45, 2.75) is 19.1 Å². The predicted molar refractivity (Wildman–Crippen MR) is 69.3 cm³/mol. The summed E-state index contributed by atoms with van der Waals surface area (Å²) < 4.78 is 11.2. The van der Waals surface area contributed by atoms with Crippen LogP contribution in [0, 0.1) is 5.92 Å². The molecule has 1 aromatic rings. The van der Waals surface area contributed by atoms with Crippen LogP contribution in [0.5, 0.6) is 0 Å². The molecule has 2 aliphatic heterocycles. The van der Waals surface area contributed by atoms with Crippen molar-refractivity contribution in [3.63, 3.8) is 0 Å². The van der Waals surface area contributed by atoms with E-state index in [0.717, 1.165) is 50.5 Å². The number of hydrogen-bond acceptors (Lipinski definition) is 5. The third-order valence-corrected chi connectivity index (χ3v) is 3.74. The summed E-state index contributed by atoms with van der Waals surface area (Å²) in [6.07, 6.45) is 5.70. The summed E-state index contributed by atoms with van der Waals surface area (Å²) in [7, 11) is 0. The van der Waals surface area contributed by atoms with Crippen LogP contribution in [0.3, 0.4) is 0 Å². The molecule has 0 spiro atoms. The Morgan fingerprint density at radius 1 is 1.22 bits per heavy atom. The molecule has 3 rings (SSSR count). The van der Waals surface area contributed by atoms with Gasteiger partial charge in [-0.3, -0.25) is 4.98 Å². The van der Waals surface area contributed by atoms with E-state index >= 15 is 0 Å². The van der Waals surface area contributed by atoms with E-state index in [4.69, 9.17) is 15.2 Å². The molecule has 2 aliphatic rings. The van der Waals surface area contributed by atoms with E-state index in [1.807, 2.05) is 6.07 Å². The number of anilines is 2. The van der Waals surface area contributed by atoms with Crippen molar-refractivity contribution in [2.24, 2.45) is 5.92 Å². The van der Waals surface area contributed by atoms with Crippen LogP contribution >= 0.6 is 0 Å². The first-order valence-electron chi connectivity index (χ1n) is 6.52. The zero-order valence-electron chi connectivity index (χ0n) is 10.4. The largest absolute Gasteiger partial charge is 0.396 e. The van der Waals surface area contributed by atoms with Gasteiger partial charge in [-0.05, 0) is 18.9 Å². The lowest BCUT2D eigenvalue weighted by Crippen LogP contribution is -2.38. The topological polar surface area (TPSA) is 60.6 Å². The second-order valence-corrected chi connectivity index (χ2v) is 4.87. The van der Waals surface area contributed by atoms with Gasteiger partial charge in [0.15, 0.2) is 6.29 Å². The van der Waals surface area contributed by atoms with E-state index < -0.39 is 0 Å². The van der Waals surface area contributed by atoms with Gasteiger partial charge in [0.25, 0.3) is 0 Å². The van der Waals surface area contributed by atoms with E-state index in [9.17, 15) is 0 Å². The van der Waals surface area contributed by atoms with Gasteiger partial charge in [0, 0.05) is 25.2 Å². The van der Waals surface area contributed by atoms with Crippen LogP contribution in [0.2, 0.25) is 0 Å². The van der Waals surface area contributed by atoms with Crippen molar-refractivity contribution in [1.82, 2.24) is 4.98 Å². The van der Waals surface area contributed by atoms with Crippen LogP contribution in [0.25, 0.3) is 0 Å². The summed E-state index contributed by atoms with van der Waals surface area (Å²) >= 11 is 0. The van der Waals surface area contributed by atoms with Gasteiger partial charge in [-0.2, -0.15) is 0 Å². The van der Waals surface area contributed by atoms with Crippen molar-refractivity contribution in [3.05, 3.63) is 18.5 Å². The van der Waals surface area contributed by atoms with Crippen LogP contribution in [-0.2, 0) is 9.47 Å². The average Bonchev–Trinajstić information content (AvgIpc) is 2.94. The summed E-state index contributed by atoms with van der Waals surface area (Å²) in [6, 6.07) is 1.98. The van der Waals surface area contributed by atoms with E-state index in [0.29, 0.717) is 5.92 Å².